The lowest BCUT2D eigenvalue weighted by molar-refractivity contribution is -0.137. The number of ether oxygens (including phenoxy) is 2. The number of pyridine rings is 1. The largest absolute Gasteiger partial charge is 0.437 e. The predicted octanol–water partition coefficient (Wildman–Crippen LogP) is 5.42. The van der Waals surface area contributed by atoms with E-state index in [1.807, 2.05) is 0 Å². The summed E-state index contributed by atoms with van der Waals surface area (Å²) < 4.78 is 77.1. The summed E-state index contributed by atoms with van der Waals surface area (Å²) in [4.78, 5) is 16.4. The molecule has 0 bridgehead atoms. The molecule has 1 aromatic heterocycles. The monoisotopic (exact) mass is 426 g/mol. The van der Waals surface area contributed by atoms with Crippen LogP contribution in [0, 0.1) is 0 Å². The molecule has 1 atom stereocenters. The number of hydrogen-bond acceptors (Lipinski definition) is 4. The van der Waals surface area contributed by atoms with E-state index in [0.717, 1.165) is 23.1 Å². The first-order chi connectivity index (χ1) is 14.1. The Labute approximate surface area is 168 Å². The quantitative estimate of drug-likeness (QED) is 0.613. The van der Waals surface area contributed by atoms with Crippen LogP contribution < -0.4 is 9.47 Å². The molecule has 0 spiro atoms. The molecule has 1 amide bonds. The minimum atomic E-state index is -4.60. The van der Waals surface area contributed by atoms with E-state index in [0.29, 0.717) is 12.3 Å². The van der Waals surface area contributed by atoms with Gasteiger partial charge in [0.2, 0.25) is 5.88 Å². The third-order valence-electron chi connectivity index (χ3n) is 4.09. The number of likely N-dealkylation sites (N-methyl/N-ethyl adjacent to an activating group) is 1. The van der Waals surface area contributed by atoms with Crippen molar-refractivity contribution in [1.29, 1.82) is 0 Å². The molecule has 5 nitrogen and oxygen atoms in total. The van der Waals surface area contributed by atoms with Gasteiger partial charge in [-0.2, -0.15) is 17.6 Å². The van der Waals surface area contributed by atoms with Crippen LogP contribution >= 0.6 is 0 Å². The van der Waals surface area contributed by atoms with Crippen LogP contribution in [0.3, 0.4) is 0 Å². The van der Waals surface area contributed by atoms with E-state index >= 15 is 0 Å². The van der Waals surface area contributed by atoms with Crippen molar-refractivity contribution >= 4 is 6.09 Å². The molecule has 0 saturated heterocycles. The van der Waals surface area contributed by atoms with Crippen LogP contribution in [0.5, 0.6) is 11.6 Å². The fraction of sp³-hybridized carbons (Fsp3) is 0.200. The lowest BCUT2D eigenvalue weighted by atomic mass is 10.1. The van der Waals surface area contributed by atoms with Gasteiger partial charge in [-0.3, -0.25) is 4.90 Å². The van der Waals surface area contributed by atoms with E-state index < -0.39 is 41.8 Å². The minimum absolute atomic E-state index is 0.242. The maximum absolute atomic E-state index is 14.8. The lowest BCUT2D eigenvalue weighted by Gasteiger charge is -2.28. The Bertz CT molecular complexity index is 974. The summed E-state index contributed by atoms with van der Waals surface area (Å²) in [5, 5.41) is 0. The Balaban J connectivity index is 1.68. The summed E-state index contributed by atoms with van der Waals surface area (Å²) in [6.07, 6.45) is -4.10. The maximum atomic E-state index is 14.8. The number of carbonyl (C=O) groups excluding carboxylic acids is 1. The Morgan fingerprint density at radius 1 is 1.17 bits per heavy atom. The fourth-order valence-corrected chi connectivity index (χ4v) is 2.56. The molecule has 10 heteroatoms. The van der Waals surface area contributed by atoms with Crippen molar-refractivity contribution in [3.63, 3.8) is 0 Å². The van der Waals surface area contributed by atoms with Gasteiger partial charge in [-0.1, -0.05) is 18.2 Å². The summed E-state index contributed by atoms with van der Waals surface area (Å²) in [7, 11) is 1.24. The van der Waals surface area contributed by atoms with Gasteiger partial charge in [0.05, 0.1) is 17.7 Å². The molecule has 1 heterocycles. The SMILES string of the molecule is CN(C(=O)Oc1ccccc1)C1=C(F)CC(F)(Oc2ccc(C(F)(F)F)cn2)C=C1. The second-order valence-corrected chi connectivity index (χ2v) is 6.31. The summed E-state index contributed by atoms with van der Waals surface area (Å²) >= 11 is 0. The zero-order valence-corrected chi connectivity index (χ0v) is 15.5. The number of nitrogens with zero attached hydrogens (tertiary/aromatic N) is 2. The van der Waals surface area contributed by atoms with Crippen LogP contribution in [0.25, 0.3) is 0 Å². The van der Waals surface area contributed by atoms with Gasteiger partial charge in [0, 0.05) is 19.3 Å². The number of hydrogen-bond donors (Lipinski definition) is 0. The van der Waals surface area contributed by atoms with Gasteiger partial charge in [0.1, 0.15) is 11.6 Å². The molecule has 0 fully saturated rings. The molecule has 0 N–H and O–H groups in total. The van der Waals surface area contributed by atoms with Gasteiger partial charge in [-0.05, 0) is 30.4 Å². The first-order valence-corrected chi connectivity index (χ1v) is 8.57. The van der Waals surface area contributed by atoms with E-state index in [9.17, 15) is 26.7 Å². The van der Waals surface area contributed by atoms with Gasteiger partial charge in [0.25, 0.3) is 5.85 Å². The van der Waals surface area contributed by atoms with Crippen LogP contribution in [-0.4, -0.2) is 28.9 Å². The van der Waals surface area contributed by atoms with Crippen LogP contribution in [0.4, 0.5) is 26.7 Å². The number of halogens is 5. The highest BCUT2D eigenvalue weighted by Gasteiger charge is 2.37. The van der Waals surface area contributed by atoms with Gasteiger partial charge >= 0.3 is 12.3 Å². The Morgan fingerprint density at radius 3 is 2.43 bits per heavy atom. The zero-order valence-electron chi connectivity index (χ0n) is 15.5. The standard InChI is InChI=1S/C20H15F5N2O3/c1-27(18(28)29-14-5-3-2-4-6-14)16-9-10-19(22,11-15(16)21)30-17-8-7-13(12-26-17)20(23,24)25/h2-10,12H,11H2,1H3. The topological polar surface area (TPSA) is 51.7 Å². The molecule has 2 aromatic rings. The molecular weight excluding hydrogens is 411 g/mol. The average Bonchev–Trinajstić information content (AvgIpc) is 2.68. The number of allylic oxidation sites excluding steroid dienone is 1. The molecule has 1 aliphatic rings. The van der Waals surface area contributed by atoms with Crippen molar-refractivity contribution < 1.29 is 36.2 Å². The number of amides is 1. The Kier molecular flexibility index (Phi) is 5.77. The summed E-state index contributed by atoms with van der Waals surface area (Å²) in [5.41, 5.74) is -1.28. The molecule has 30 heavy (non-hydrogen) atoms. The summed E-state index contributed by atoms with van der Waals surface area (Å²) in [6, 6.07) is 9.58. The maximum Gasteiger partial charge on any atom is 0.419 e. The average molecular weight is 426 g/mol. The van der Waals surface area contributed by atoms with Gasteiger partial charge in [0.15, 0.2) is 0 Å². The molecule has 0 saturated carbocycles. The number of carbonyl (C=O) groups is 1. The molecule has 1 aromatic carbocycles. The number of benzene rings is 1. The normalized spacial score (nSPS) is 18.9. The molecule has 0 radical (unpaired) electrons. The predicted molar refractivity (Wildman–Crippen MR) is 95.8 cm³/mol. The third-order valence-corrected chi connectivity index (χ3v) is 4.09. The van der Waals surface area contributed by atoms with Crippen molar-refractivity contribution in [1.82, 2.24) is 9.88 Å². The van der Waals surface area contributed by atoms with Crippen LogP contribution in [0.15, 0.2) is 72.3 Å². The number of rotatable bonds is 4. The highest BCUT2D eigenvalue weighted by atomic mass is 19.4. The Morgan fingerprint density at radius 2 is 1.87 bits per heavy atom. The lowest BCUT2D eigenvalue weighted by Crippen LogP contribution is -2.35. The van der Waals surface area contributed by atoms with E-state index in [-0.39, 0.29) is 11.4 Å². The van der Waals surface area contributed by atoms with E-state index in [4.69, 9.17) is 9.47 Å². The van der Waals surface area contributed by atoms with Gasteiger partial charge in [-0.15, -0.1) is 0 Å². The van der Waals surface area contributed by atoms with Crippen LogP contribution in [-0.2, 0) is 6.18 Å². The zero-order chi connectivity index (χ0) is 21.9. The molecule has 0 aliphatic heterocycles. The third kappa shape index (κ3) is 4.94. The highest BCUT2D eigenvalue weighted by Crippen LogP contribution is 2.35. The smallest absolute Gasteiger partial charge is 0.419 e. The molecule has 1 unspecified atom stereocenters. The van der Waals surface area contributed by atoms with Crippen molar-refractivity contribution in [2.45, 2.75) is 18.5 Å². The molecular formula is C20H15F5N2O3. The Hall–Kier alpha value is -3.43. The summed E-state index contributed by atoms with van der Waals surface area (Å²) in [6.45, 7) is 0. The van der Waals surface area contributed by atoms with Crippen LogP contribution in [0.1, 0.15) is 12.0 Å². The van der Waals surface area contributed by atoms with Gasteiger partial charge in [-0.25, -0.2) is 14.2 Å². The van der Waals surface area contributed by atoms with Crippen molar-refractivity contribution in [2.24, 2.45) is 0 Å². The molecule has 3 rings (SSSR count). The minimum Gasteiger partial charge on any atom is -0.437 e. The number of alkyl halides is 4. The molecule has 1 aliphatic carbocycles. The van der Waals surface area contributed by atoms with Crippen LogP contribution in [0.2, 0.25) is 0 Å². The van der Waals surface area contributed by atoms with E-state index in [1.165, 1.54) is 19.2 Å². The van der Waals surface area contributed by atoms with Crippen molar-refractivity contribution in [3.8, 4) is 11.6 Å². The second-order valence-electron chi connectivity index (χ2n) is 6.31. The second kappa shape index (κ2) is 8.13. The summed E-state index contributed by atoms with van der Waals surface area (Å²) in [5.74, 6) is -3.92. The first-order valence-electron chi connectivity index (χ1n) is 8.57. The molecule has 158 valence electrons. The fourth-order valence-electron chi connectivity index (χ4n) is 2.56. The number of para-hydroxylation sites is 1. The van der Waals surface area contributed by atoms with E-state index in [2.05, 4.69) is 4.98 Å². The highest BCUT2D eigenvalue weighted by molar-refractivity contribution is 5.73. The van der Waals surface area contributed by atoms with Crippen molar-refractivity contribution in [3.05, 3.63) is 77.9 Å². The number of aromatic nitrogens is 1. The van der Waals surface area contributed by atoms with Crippen molar-refractivity contribution in [2.75, 3.05) is 7.05 Å². The first kappa shape index (κ1) is 21.3. The van der Waals surface area contributed by atoms with Gasteiger partial charge < -0.3 is 9.47 Å². The van der Waals surface area contributed by atoms with E-state index in [1.54, 1.807) is 18.2 Å².